The molecule has 4 nitrogen and oxygen atoms in total. The van der Waals surface area contributed by atoms with Gasteiger partial charge in [0.15, 0.2) is 5.75 Å². The van der Waals surface area contributed by atoms with Crippen molar-refractivity contribution < 1.29 is 19.1 Å². The molecular weight excluding hydrogens is 220 g/mol. The summed E-state index contributed by atoms with van der Waals surface area (Å²) in [6.07, 6.45) is -0.102. The summed E-state index contributed by atoms with van der Waals surface area (Å²) in [7, 11) is 0. The van der Waals surface area contributed by atoms with Gasteiger partial charge in [-0.3, -0.25) is 0 Å². The summed E-state index contributed by atoms with van der Waals surface area (Å²) in [5.41, 5.74) is 1.56. The Morgan fingerprint density at radius 1 is 1.41 bits per heavy atom. The fraction of sp³-hybridized carbons (Fsp3) is 0.308. The second-order valence-corrected chi connectivity index (χ2v) is 4.23. The molecule has 0 bridgehead atoms. The number of aromatic carboxylic acids is 1. The van der Waals surface area contributed by atoms with E-state index in [-0.39, 0.29) is 11.9 Å². The Kier molecular flexibility index (Phi) is 2.79. The largest absolute Gasteiger partial charge is 0.486 e. The molecule has 1 N–H and O–H groups in total. The van der Waals surface area contributed by atoms with Crippen LogP contribution in [-0.2, 0) is 0 Å². The van der Waals surface area contributed by atoms with Gasteiger partial charge in [-0.05, 0) is 32.9 Å². The average molecular weight is 234 g/mol. The Morgan fingerprint density at radius 3 is 2.71 bits per heavy atom. The topological polar surface area (TPSA) is 59.7 Å². The van der Waals surface area contributed by atoms with Gasteiger partial charge in [-0.2, -0.15) is 0 Å². The lowest BCUT2D eigenvalue weighted by molar-refractivity contribution is 0.0656. The molecule has 0 saturated carbocycles. The van der Waals surface area contributed by atoms with Crippen molar-refractivity contribution >= 4 is 16.9 Å². The molecule has 17 heavy (non-hydrogen) atoms. The Bertz CT molecular complexity index is 566. The first kappa shape index (κ1) is 11.5. The number of hydrogen-bond donors (Lipinski definition) is 1. The summed E-state index contributed by atoms with van der Waals surface area (Å²) < 4.78 is 10.8. The van der Waals surface area contributed by atoms with Gasteiger partial charge < -0.3 is 14.3 Å². The Hall–Kier alpha value is -1.97. The standard InChI is InChI=1S/C13H14O4/c1-7(2)16-11-9-6-8(3)4-5-10(9)17-12(11)13(14)15/h4-7H,1-3H3,(H,14,15). The van der Waals surface area contributed by atoms with E-state index in [2.05, 4.69) is 0 Å². The lowest BCUT2D eigenvalue weighted by Gasteiger charge is -2.08. The van der Waals surface area contributed by atoms with E-state index < -0.39 is 5.97 Å². The van der Waals surface area contributed by atoms with Crippen molar-refractivity contribution in [3.8, 4) is 5.75 Å². The number of fused-ring (bicyclic) bond motifs is 1. The minimum Gasteiger partial charge on any atom is -0.486 e. The molecule has 0 aliphatic rings. The Labute approximate surface area is 98.8 Å². The molecule has 0 amide bonds. The second kappa shape index (κ2) is 4.13. The number of ether oxygens (including phenoxy) is 1. The molecule has 0 fully saturated rings. The van der Waals surface area contributed by atoms with Gasteiger partial charge in [0.1, 0.15) is 5.58 Å². The number of hydrogen-bond acceptors (Lipinski definition) is 3. The highest BCUT2D eigenvalue weighted by Gasteiger charge is 2.22. The van der Waals surface area contributed by atoms with Crippen LogP contribution in [0.25, 0.3) is 11.0 Å². The van der Waals surface area contributed by atoms with Gasteiger partial charge in [-0.15, -0.1) is 0 Å². The highest BCUT2D eigenvalue weighted by Crippen LogP contribution is 2.34. The van der Waals surface area contributed by atoms with Gasteiger partial charge in [0.2, 0.25) is 0 Å². The summed E-state index contributed by atoms with van der Waals surface area (Å²) in [6, 6.07) is 5.49. The molecule has 1 aromatic heterocycles. The summed E-state index contributed by atoms with van der Waals surface area (Å²) in [5.74, 6) is -0.944. The van der Waals surface area contributed by atoms with Gasteiger partial charge in [-0.25, -0.2) is 4.79 Å². The van der Waals surface area contributed by atoms with Gasteiger partial charge >= 0.3 is 5.97 Å². The fourth-order valence-electron chi connectivity index (χ4n) is 1.68. The number of carbonyl (C=O) groups is 1. The molecule has 0 atom stereocenters. The fourth-order valence-corrected chi connectivity index (χ4v) is 1.68. The first-order chi connectivity index (χ1) is 7.99. The number of carboxylic acids is 1. The first-order valence-corrected chi connectivity index (χ1v) is 5.42. The predicted molar refractivity (Wildman–Crippen MR) is 63.7 cm³/mol. The molecule has 0 unspecified atom stereocenters. The lowest BCUT2D eigenvalue weighted by Crippen LogP contribution is -2.08. The molecule has 2 rings (SSSR count). The van der Waals surface area contributed by atoms with E-state index in [9.17, 15) is 4.79 Å². The SMILES string of the molecule is Cc1ccc2oc(C(=O)O)c(OC(C)C)c2c1. The molecule has 1 heterocycles. The molecule has 90 valence electrons. The third-order valence-electron chi connectivity index (χ3n) is 2.35. The third kappa shape index (κ3) is 2.11. The maximum absolute atomic E-state index is 11.1. The van der Waals surface area contributed by atoms with E-state index in [4.69, 9.17) is 14.3 Å². The quantitative estimate of drug-likeness (QED) is 0.885. The van der Waals surface area contributed by atoms with E-state index in [0.717, 1.165) is 5.56 Å². The van der Waals surface area contributed by atoms with Crippen molar-refractivity contribution in [3.63, 3.8) is 0 Å². The van der Waals surface area contributed by atoms with Crippen LogP contribution in [-0.4, -0.2) is 17.2 Å². The van der Waals surface area contributed by atoms with Crippen molar-refractivity contribution in [2.45, 2.75) is 26.9 Å². The highest BCUT2D eigenvalue weighted by atomic mass is 16.5. The molecule has 0 radical (unpaired) electrons. The van der Waals surface area contributed by atoms with Crippen LogP contribution >= 0.6 is 0 Å². The van der Waals surface area contributed by atoms with Crippen molar-refractivity contribution in [1.82, 2.24) is 0 Å². The number of carboxylic acid groups (broad SMARTS) is 1. The van der Waals surface area contributed by atoms with Crippen LogP contribution < -0.4 is 4.74 Å². The van der Waals surface area contributed by atoms with Crippen molar-refractivity contribution in [1.29, 1.82) is 0 Å². The molecular formula is C13H14O4. The van der Waals surface area contributed by atoms with Gasteiger partial charge in [-0.1, -0.05) is 11.6 Å². The summed E-state index contributed by atoms with van der Waals surface area (Å²) in [4.78, 5) is 11.1. The second-order valence-electron chi connectivity index (χ2n) is 4.23. The number of rotatable bonds is 3. The molecule has 2 aromatic rings. The minimum atomic E-state index is -1.12. The minimum absolute atomic E-state index is 0.102. The molecule has 0 aliphatic carbocycles. The predicted octanol–water partition coefficient (Wildman–Crippen LogP) is 3.23. The highest BCUT2D eigenvalue weighted by molar-refractivity contribution is 5.98. The summed E-state index contributed by atoms with van der Waals surface area (Å²) in [5, 5.41) is 9.78. The Balaban J connectivity index is 2.68. The zero-order chi connectivity index (χ0) is 12.6. The molecule has 4 heteroatoms. The summed E-state index contributed by atoms with van der Waals surface area (Å²) >= 11 is 0. The van der Waals surface area contributed by atoms with Crippen LogP contribution in [0.15, 0.2) is 22.6 Å². The third-order valence-corrected chi connectivity index (χ3v) is 2.35. The van der Waals surface area contributed by atoms with Crippen LogP contribution in [0.5, 0.6) is 5.75 Å². The summed E-state index contributed by atoms with van der Waals surface area (Å²) in [6.45, 7) is 5.63. The average Bonchev–Trinajstić information content (AvgIpc) is 2.56. The first-order valence-electron chi connectivity index (χ1n) is 5.42. The maximum Gasteiger partial charge on any atom is 0.375 e. The van der Waals surface area contributed by atoms with Gasteiger partial charge in [0.25, 0.3) is 5.76 Å². The van der Waals surface area contributed by atoms with Crippen molar-refractivity contribution in [3.05, 3.63) is 29.5 Å². The number of furan rings is 1. The van der Waals surface area contributed by atoms with E-state index >= 15 is 0 Å². The monoisotopic (exact) mass is 234 g/mol. The van der Waals surface area contributed by atoms with E-state index in [1.165, 1.54) is 0 Å². The van der Waals surface area contributed by atoms with E-state index in [1.807, 2.05) is 32.9 Å². The van der Waals surface area contributed by atoms with Crippen LogP contribution in [0.4, 0.5) is 0 Å². The molecule has 0 aliphatic heterocycles. The number of aryl methyl sites for hydroxylation is 1. The lowest BCUT2D eigenvalue weighted by atomic mass is 10.1. The normalized spacial score (nSPS) is 11.1. The van der Waals surface area contributed by atoms with Crippen molar-refractivity contribution in [2.75, 3.05) is 0 Å². The number of benzene rings is 1. The van der Waals surface area contributed by atoms with Gasteiger partial charge in [0.05, 0.1) is 11.5 Å². The zero-order valence-electron chi connectivity index (χ0n) is 9.98. The van der Waals surface area contributed by atoms with Crippen LogP contribution in [0.2, 0.25) is 0 Å². The van der Waals surface area contributed by atoms with Crippen LogP contribution in [0.1, 0.15) is 30.0 Å². The van der Waals surface area contributed by atoms with E-state index in [1.54, 1.807) is 6.07 Å². The zero-order valence-corrected chi connectivity index (χ0v) is 9.98. The van der Waals surface area contributed by atoms with Crippen molar-refractivity contribution in [2.24, 2.45) is 0 Å². The Morgan fingerprint density at radius 2 is 2.12 bits per heavy atom. The van der Waals surface area contributed by atoms with Crippen LogP contribution in [0.3, 0.4) is 0 Å². The van der Waals surface area contributed by atoms with Gasteiger partial charge in [0, 0.05) is 0 Å². The smallest absolute Gasteiger partial charge is 0.375 e. The van der Waals surface area contributed by atoms with Crippen LogP contribution in [0, 0.1) is 6.92 Å². The maximum atomic E-state index is 11.1. The molecule has 0 spiro atoms. The van der Waals surface area contributed by atoms with E-state index in [0.29, 0.717) is 16.7 Å². The molecule has 1 aromatic carbocycles. The molecule has 0 saturated heterocycles.